The lowest BCUT2D eigenvalue weighted by Gasteiger charge is -2.33. The lowest BCUT2D eigenvalue weighted by molar-refractivity contribution is -0.160. The van der Waals surface area contributed by atoms with Crippen molar-refractivity contribution < 1.29 is 36.0 Å². The van der Waals surface area contributed by atoms with Crippen molar-refractivity contribution in [3.63, 3.8) is 0 Å². The van der Waals surface area contributed by atoms with Crippen molar-refractivity contribution in [1.82, 2.24) is 0 Å². The van der Waals surface area contributed by atoms with Crippen molar-refractivity contribution in [2.45, 2.75) is 50.4 Å². The molecule has 9 heteroatoms. The Kier molecular flexibility index (Phi) is 6.28. The zero-order valence-corrected chi connectivity index (χ0v) is 14.0. The highest BCUT2D eigenvalue weighted by atomic mass is 32.2. The fraction of sp³-hybridized carbons (Fsp3) is 0.786. The van der Waals surface area contributed by atoms with Gasteiger partial charge in [-0.3, -0.25) is 4.55 Å². The van der Waals surface area contributed by atoms with Crippen LogP contribution in [0.5, 0.6) is 0 Å². The molecule has 1 saturated carbocycles. The summed E-state index contributed by atoms with van der Waals surface area (Å²) < 4.78 is 65.1. The molecular weight excluding hydrogens is 334 g/mol. The number of carbonyl (C=O) groups is 1. The summed E-state index contributed by atoms with van der Waals surface area (Å²) in [7, 11) is -5.56. The maximum absolute atomic E-state index is 13.0. The number of rotatable bonds is 8. The maximum atomic E-state index is 13.0. The fourth-order valence-corrected chi connectivity index (χ4v) is 2.69. The summed E-state index contributed by atoms with van der Waals surface area (Å²) in [6.45, 7) is 5.09. The minimum Gasteiger partial charge on any atom is -0.455 e. The number of hydrogen-bond donors (Lipinski definition) is 1. The molecule has 0 spiro atoms. The summed E-state index contributed by atoms with van der Waals surface area (Å²) in [6.07, 6.45) is 3.33. The molecule has 0 aromatic carbocycles. The molecule has 134 valence electrons. The van der Waals surface area contributed by atoms with Crippen LogP contribution in [-0.2, 0) is 24.4 Å². The average Bonchev–Trinajstić information content (AvgIpc) is 2.86. The van der Waals surface area contributed by atoms with Crippen molar-refractivity contribution >= 4 is 16.1 Å². The molecule has 1 aliphatic carbocycles. The summed E-state index contributed by atoms with van der Waals surface area (Å²) in [5.74, 6) is -0.651. The predicted octanol–water partition coefficient (Wildman–Crippen LogP) is 2.55. The molecule has 0 atom stereocenters. The zero-order chi connectivity index (χ0) is 17.9. The third-order valence-corrected chi connectivity index (χ3v) is 4.88. The third kappa shape index (κ3) is 4.95. The van der Waals surface area contributed by atoms with Crippen LogP contribution >= 0.6 is 0 Å². The second-order valence-electron chi connectivity index (χ2n) is 6.02. The topological polar surface area (TPSA) is 89.9 Å². The van der Waals surface area contributed by atoms with Gasteiger partial charge in [0.2, 0.25) is 0 Å². The van der Waals surface area contributed by atoms with E-state index in [1.54, 1.807) is 0 Å². The molecule has 1 rings (SSSR count). The van der Waals surface area contributed by atoms with Gasteiger partial charge >= 0.3 is 21.3 Å². The number of esters is 1. The largest absolute Gasteiger partial charge is 0.455 e. The number of carbonyl (C=O) groups excluding carboxylic acids is 1. The highest BCUT2D eigenvalue weighted by Gasteiger charge is 2.45. The van der Waals surface area contributed by atoms with Gasteiger partial charge in [0, 0.05) is 0 Å². The molecule has 6 nitrogen and oxygen atoms in total. The molecule has 0 bridgehead atoms. The van der Waals surface area contributed by atoms with Crippen LogP contribution in [0.3, 0.4) is 0 Å². The average molecular weight is 356 g/mol. The van der Waals surface area contributed by atoms with E-state index >= 15 is 0 Å². The molecule has 0 amide bonds. The monoisotopic (exact) mass is 356 g/mol. The number of hydrogen-bond acceptors (Lipinski definition) is 5. The predicted molar refractivity (Wildman–Crippen MR) is 78.6 cm³/mol. The molecule has 0 heterocycles. The summed E-state index contributed by atoms with van der Waals surface area (Å²) >= 11 is 0. The van der Waals surface area contributed by atoms with Crippen LogP contribution in [0.15, 0.2) is 12.2 Å². The van der Waals surface area contributed by atoms with E-state index in [4.69, 9.17) is 9.29 Å². The van der Waals surface area contributed by atoms with Gasteiger partial charge in [0.1, 0.15) is 12.2 Å². The summed E-state index contributed by atoms with van der Waals surface area (Å²) in [5.41, 5.74) is -0.777. The normalized spacial score (nSPS) is 18.2. The SMILES string of the molecule is C=C(COCC(F)(F)S(=O)(=O)O)C(=O)OC1(C(C)C)CCCC1. The quantitative estimate of drug-likeness (QED) is 0.408. The van der Waals surface area contributed by atoms with Crippen LogP contribution < -0.4 is 0 Å². The lowest BCUT2D eigenvalue weighted by Crippen LogP contribution is -2.38. The minimum absolute atomic E-state index is 0.103. The molecule has 1 aliphatic rings. The lowest BCUT2D eigenvalue weighted by atomic mass is 9.88. The first kappa shape index (κ1) is 20.0. The van der Waals surface area contributed by atoms with E-state index in [0.29, 0.717) is 0 Å². The van der Waals surface area contributed by atoms with E-state index < -0.39 is 40.2 Å². The van der Waals surface area contributed by atoms with E-state index in [1.165, 1.54) is 0 Å². The van der Waals surface area contributed by atoms with E-state index in [2.05, 4.69) is 11.3 Å². The molecule has 23 heavy (non-hydrogen) atoms. The van der Waals surface area contributed by atoms with E-state index in [1.807, 2.05) is 13.8 Å². The fourth-order valence-electron chi connectivity index (χ4n) is 2.45. The maximum Gasteiger partial charge on any atom is 0.392 e. The summed E-state index contributed by atoms with van der Waals surface area (Å²) in [6, 6.07) is 0. The molecule has 0 unspecified atom stereocenters. The molecule has 1 N–H and O–H groups in total. The summed E-state index contributed by atoms with van der Waals surface area (Å²) in [4.78, 5) is 12.0. The van der Waals surface area contributed by atoms with Crippen molar-refractivity contribution in [2.75, 3.05) is 13.2 Å². The molecule has 0 radical (unpaired) electrons. The standard InChI is InChI=1S/C14H22F2O6S/c1-10(2)13(6-4-5-7-13)22-12(17)11(3)8-21-9-14(15,16)23(18,19)20/h10H,3-9H2,1-2H3,(H,18,19,20). The van der Waals surface area contributed by atoms with Gasteiger partial charge < -0.3 is 9.47 Å². The van der Waals surface area contributed by atoms with Crippen molar-refractivity contribution in [3.05, 3.63) is 12.2 Å². The van der Waals surface area contributed by atoms with Gasteiger partial charge in [-0.1, -0.05) is 20.4 Å². The zero-order valence-electron chi connectivity index (χ0n) is 13.2. The number of ether oxygens (including phenoxy) is 2. The Morgan fingerprint density at radius 2 is 1.87 bits per heavy atom. The molecule has 0 aromatic heterocycles. The van der Waals surface area contributed by atoms with E-state index in [-0.39, 0.29) is 11.5 Å². The molecule has 0 aliphatic heterocycles. The number of halogens is 2. The second kappa shape index (κ2) is 7.23. The molecule has 1 fully saturated rings. The van der Waals surface area contributed by atoms with Gasteiger partial charge in [0.15, 0.2) is 0 Å². The Balaban J connectivity index is 2.54. The van der Waals surface area contributed by atoms with Crippen molar-refractivity contribution in [1.29, 1.82) is 0 Å². The highest BCUT2D eigenvalue weighted by molar-refractivity contribution is 7.86. The van der Waals surface area contributed by atoms with Gasteiger partial charge in [-0.2, -0.15) is 17.2 Å². The molecule has 0 saturated heterocycles. The Morgan fingerprint density at radius 1 is 1.35 bits per heavy atom. The van der Waals surface area contributed by atoms with Crippen molar-refractivity contribution in [2.24, 2.45) is 5.92 Å². The van der Waals surface area contributed by atoms with Crippen LogP contribution in [0.2, 0.25) is 0 Å². The molecule has 0 aromatic rings. The van der Waals surface area contributed by atoms with Crippen molar-refractivity contribution in [3.8, 4) is 0 Å². The first-order chi connectivity index (χ1) is 10.4. The van der Waals surface area contributed by atoms with Crippen LogP contribution in [0, 0.1) is 5.92 Å². The first-order valence-corrected chi connectivity index (χ1v) is 8.69. The van der Waals surface area contributed by atoms with Gasteiger partial charge in [-0.05, 0) is 31.6 Å². The van der Waals surface area contributed by atoms with Gasteiger partial charge in [0.25, 0.3) is 0 Å². The minimum atomic E-state index is -5.56. The van der Waals surface area contributed by atoms with Gasteiger partial charge in [0.05, 0.1) is 12.2 Å². The Labute approximate surface area is 134 Å². The van der Waals surface area contributed by atoms with Gasteiger partial charge in [-0.15, -0.1) is 0 Å². The van der Waals surface area contributed by atoms with Crippen LogP contribution in [0.25, 0.3) is 0 Å². The second-order valence-corrected chi connectivity index (χ2v) is 7.57. The van der Waals surface area contributed by atoms with Gasteiger partial charge in [-0.25, -0.2) is 4.79 Å². The first-order valence-electron chi connectivity index (χ1n) is 7.25. The van der Waals surface area contributed by atoms with Crippen LogP contribution in [0.1, 0.15) is 39.5 Å². The van der Waals surface area contributed by atoms with E-state index in [0.717, 1.165) is 25.7 Å². The smallest absolute Gasteiger partial charge is 0.392 e. The highest BCUT2D eigenvalue weighted by Crippen LogP contribution is 2.39. The van der Waals surface area contributed by atoms with Crippen LogP contribution in [0.4, 0.5) is 8.78 Å². The number of alkyl halides is 2. The van der Waals surface area contributed by atoms with E-state index in [9.17, 15) is 22.0 Å². The Hall–Kier alpha value is -1.06. The summed E-state index contributed by atoms with van der Waals surface area (Å²) in [5, 5.41) is -4.44. The Morgan fingerprint density at radius 3 is 2.30 bits per heavy atom. The van der Waals surface area contributed by atoms with Crippen LogP contribution in [-0.4, -0.2) is 43.0 Å². The third-order valence-electron chi connectivity index (χ3n) is 4.01. The Bertz CT molecular complexity index is 550. The molecular formula is C14H22F2O6S.